The largest absolute Gasteiger partial charge is 0.298 e. The molecule has 0 unspecified atom stereocenters. The lowest BCUT2D eigenvalue weighted by Crippen LogP contribution is -2.06. The van der Waals surface area contributed by atoms with Gasteiger partial charge in [-0.25, -0.2) is 9.50 Å². The van der Waals surface area contributed by atoms with Crippen molar-refractivity contribution in [2.24, 2.45) is 0 Å². The van der Waals surface area contributed by atoms with Gasteiger partial charge in [-0.15, -0.1) is 0 Å². The molecule has 0 aromatic carbocycles. The summed E-state index contributed by atoms with van der Waals surface area (Å²) in [5.74, 6) is -3.00. The Kier molecular flexibility index (Phi) is 2.23. The molecule has 4 nitrogen and oxygen atoms in total. The number of imidazole rings is 1. The van der Waals surface area contributed by atoms with E-state index in [0.29, 0.717) is 0 Å². The Bertz CT molecular complexity index is 498. The smallest absolute Gasteiger partial charge is 0.274 e. The molecule has 15 heavy (non-hydrogen) atoms. The Morgan fingerprint density at radius 3 is 2.80 bits per heavy atom. The van der Waals surface area contributed by atoms with Gasteiger partial charge in [-0.2, -0.15) is 13.9 Å². The highest BCUT2D eigenvalue weighted by molar-refractivity contribution is 7.16. The van der Waals surface area contributed by atoms with Gasteiger partial charge in [-0.05, 0) is 11.6 Å². The van der Waals surface area contributed by atoms with Crippen molar-refractivity contribution in [2.45, 2.75) is 12.8 Å². The number of halogens is 3. The van der Waals surface area contributed by atoms with Crippen LogP contribution in [0.4, 0.5) is 8.78 Å². The molecule has 0 N–H and O–H groups in total. The van der Waals surface area contributed by atoms with Gasteiger partial charge in [0, 0.05) is 6.92 Å². The van der Waals surface area contributed by atoms with Crippen LogP contribution in [0.2, 0.25) is 0 Å². The van der Waals surface area contributed by atoms with E-state index in [4.69, 9.17) is 11.6 Å². The zero-order valence-corrected chi connectivity index (χ0v) is 8.94. The molecule has 2 aromatic rings. The van der Waals surface area contributed by atoms with Crippen molar-refractivity contribution in [3.05, 3.63) is 16.9 Å². The van der Waals surface area contributed by atoms with Crippen molar-refractivity contribution in [3.63, 3.8) is 0 Å². The monoisotopic (exact) mass is 251 g/mol. The molecule has 2 heterocycles. The molecule has 0 fully saturated rings. The summed E-state index contributed by atoms with van der Waals surface area (Å²) in [5, 5.41) is 2.51. The Hall–Kier alpha value is -1.08. The summed E-state index contributed by atoms with van der Waals surface area (Å²) < 4.78 is 26.8. The number of hydrogen-bond donors (Lipinski definition) is 0. The van der Waals surface area contributed by atoms with Gasteiger partial charge in [0.25, 0.3) is 11.2 Å². The molecule has 0 aliphatic heterocycles. The Morgan fingerprint density at radius 1 is 1.67 bits per heavy atom. The van der Waals surface area contributed by atoms with Gasteiger partial charge in [0.05, 0.1) is 6.20 Å². The lowest BCUT2D eigenvalue weighted by atomic mass is 10.4. The highest BCUT2D eigenvalue weighted by Crippen LogP contribution is 2.30. The van der Waals surface area contributed by atoms with Gasteiger partial charge in [0.1, 0.15) is 5.69 Å². The molecule has 8 heteroatoms. The molecule has 0 radical (unpaired) electrons. The summed E-state index contributed by atoms with van der Waals surface area (Å²) in [6.07, 6.45) is 1.22. The first-order valence-electron chi connectivity index (χ1n) is 3.82. The summed E-state index contributed by atoms with van der Waals surface area (Å²) in [5.41, 5.74) is 0.00128. The number of carbonyl (C=O) groups is 1. The zero-order valence-electron chi connectivity index (χ0n) is 7.37. The summed E-state index contributed by atoms with van der Waals surface area (Å²) in [4.78, 5) is 14.7. The van der Waals surface area contributed by atoms with E-state index < -0.39 is 11.2 Å². The third kappa shape index (κ3) is 1.84. The van der Waals surface area contributed by atoms with E-state index in [1.807, 2.05) is 0 Å². The van der Waals surface area contributed by atoms with Gasteiger partial charge in [0.2, 0.25) is 4.96 Å². The second kappa shape index (κ2) is 3.21. The standard InChI is InChI=1S/C7H4ClF2N3OS/c1-7(9,10)5-12-13-2-3(4(8)14)11-6(13)15-5/h2H,1H3. The van der Waals surface area contributed by atoms with Crippen LogP contribution in [0.25, 0.3) is 4.96 Å². The molecule has 0 amide bonds. The van der Waals surface area contributed by atoms with E-state index in [9.17, 15) is 13.6 Å². The van der Waals surface area contributed by atoms with Gasteiger partial charge in [-0.3, -0.25) is 4.79 Å². The van der Waals surface area contributed by atoms with Crippen molar-refractivity contribution >= 4 is 33.1 Å². The first kappa shape index (κ1) is 10.4. The lowest BCUT2D eigenvalue weighted by molar-refractivity contribution is 0.0163. The molecule has 0 aliphatic rings. The molecule has 0 bridgehead atoms. The summed E-state index contributed by atoms with van der Waals surface area (Å²) in [6, 6.07) is 0. The van der Waals surface area contributed by atoms with Crippen LogP contribution in [0.3, 0.4) is 0 Å². The van der Waals surface area contributed by atoms with Crippen molar-refractivity contribution in [2.75, 3.05) is 0 Å². The maximum atomic E-state index is 12.8. The van der Waals surface area contributed by atoms with E-state index in [-0.39, 0.29) is 15.7 Å². The average molecular weight is 252 g/mol. The molecular formula is C7H4ClF2N3OS. The van der Waals surface area contributed by atoms with Crippen molar-refractivity contribution in [1.82, 2.24) is 14.6 Å². The molecule has 0 atom stereocenters. The quantitative estimate of drug-likeness (QED) is 0.770. The fourth-order valence-electron chi connectivity index (χ4n) is 0.972. The van der Waals surface area contributed by atoms with E-state index in [1.165, 1.54) is 6.20 Å². The Balaban J connectivity index is 2.52. The molecule has 2 rings (SSSR count). The second-order valence-electron chi connectivity index (χ2n) is 2.92. The number of hydrogen-bond acceptors (Lipinski definition) is 4. The molecule has 80 valence electrons. The van der Waals surface area contributed by atoms with Crippen LogP contribution in [0.15, 0.2) is 6.20 Å². The van der Waals surface area contributed by atoms with Crippen LogP contribution in [0, 0.1) is 0 Å². The SMILES string of the molecule is CC(F)(F)c1nn2cc(C(=O)Cl)nc2s1. The fourth-order valence-corrected chi connectivity index (χ4v) is 1.88. The normalized spacial score (nSPS) is 12.3. The molecule has 0 saturated heterocycles. The Labute approximate surface area is 91.5 Å². The van der Waals surface area contributed by atoms with E-state index in [0.717, 1.165) is 22.8 Å². The number of alkyl halides is 2. The third-order valence-electron chi connectivity index (χ3n) is 1.62. The number of aromatic nitrogens is 3. The van der Waals surface area contributed by atoms with Crippen molar-refractivity contribution in [1.29, 1.82) is 0 Å². The van der Waals surface area contributed by atoms with Crippen LogP contribution in [-0.4, -0.2) is 19.8 Å². The molecule has 0 aliphatic carbocycles. The maximum absolute atomic E-state index is 12.8. The van der Waals surface area contributed by atoms with E-state index in [1.54, 1.807) is 0 Å². The van der Waals surface area contributed by atoms with Crippen molar-refractivity contribution in [3.8, 4) is 0 Å². The van der Waals surface area contributed by atoms with Gasteiger partial charge in [0.15, 0.2) is 5.01 Å². The number of nitrogens with zero attached hydrogens (tertiary/aromatic N) is 3. The Morgan fingerprint density at radius 2 is 2.33 bits per heavy atom. The van der Waals surface area contributed by atoms with Crippen LogP contribution in [-0.2, 0) is 5.92 Å². The van der Waals surface area contributed by atoms with Crippen LogP contribution < -0.4 is 0 Å². The minimum atomic E-state index is -3.00. The first-order valence-corrected chi connectivity index (χ1v) is 5.02. The van der Waals surface area contributed by atoms with Gasteiger partial charge >= 0.3 is 0 Å². The molecule has 0 saturated carbocycles. The van der Waals surface area contributed by atoms with Crippen LogP contribution in [0.5, 0.6) is 0 Å². The molecule has 2 aromatic heterocycles. The average Bonchev–Trinajstić information content (AvgIpc) is 2.55. The van der Waals surface area contributed by atoms with Crippen molar-refractivity contribution < 1.29 is 13.6 Å². The lowest BCUT2D eigenvalue weighted by Gasteiger charge is -2.02. The zero-order chi connectivity index (χ0) is 11.2. The van der Waals surface area contributed by atoms with Gasteiger partial charge < -0.3 is 0 Å². The van der Waals surface area contributed by atoms with Gasteiger partial charge in [-0.1, -0.05) is 11.3 Å². The summed E-state index contributed by atoms with van der Waals surface area (Å²) in [6.45, 7) is 0.749. The highest BCUT2D eigenvalue weighted by atomic mass is 35.5. The minimum absolute atomic E-state index is 0.00128. The predicted octanol–water partition coefficient (Wildman–Crippen LogP) is 2.28. The molecule has 0 spiro atoms. The van der Waals surface area contributed by atoms with E-state index in [2.05, 4.69) is 10.1 Å². The molecular weight excluding hydrogens is 248 g/mol. The highest BCUT2D eigenvalue weighted by Gasteiger charge is 2.30. The third-order valence-corrected chi connectivity index (χ3v) is 2.91. The summed E-state index contributed by atoms with van der Waals surface area (Å²) in [7, 11) is 0. The van der Waals surface area contributed by atoms with Crippen LogP contribution >= 0.6 is 22.9 Å². The van der Waals surface area contributed by atoms with E-state index >= 15 is 0 Å². The first-order chi connectivity index (χ1) is 6.88. The maximum Gasteiger partial charge on any atom is 0.298 e. The number of rotatable bonds is 2. The fraction of sp³-hybridized carbons (Fsp3) is 0.286. The minimum Gasteiger partial charge on any atom is -0.274 e. The summed E-state index contributed by atoms with van der Waals surface area (Å²) >= 11 is 5.90. The predicted molar refractivity (Wildman–Crippen MR) is 50.6 cm³/mol. The number of fused-ring (bicyclic) bond motifs is 1. The number of carbonyl (C=O) groups excluding carboxylic acids is 1. The second-order valence-corrected chi connectivity index (χ2v) is 4.22. The van der Waals surface area contributed by atoms with Crippen LogP contribution in [0.1, 0.15) is 22.4 Å². The topological polar surface area (TPSA) is 47.3 Å².